The van der Waals surface area contributed by atoms with Crippen LogP contribution in [0.1, 0.15) is 39.7 Å². The molecule has 1 aliphatic heterocycles. The summed E-state index contributed by atoms with van der Waals surface area (Å²) in [6.45, 7) is 12.3. The Morgan fingerprint density at radius 3 is 2.80 bits per heavy atom. The van der Waals surface area contributed by atoms with Crippen molar-refractivity contribution >= 4 is 11.6 Å². The molecule has 0 aliphatic carbocycles. The first-order valence-corrected chi connectivity index (χ1v) is 7.97. The second kappa shape index (κ2) is 6.46. The van der Waals surface area contributed by atoms with Crippen molar-refractivity contribution in [2.45, 2.75) is 52.2 Å². The Kier molecular flexibility index (Phi) is 5.11. The van der Waals surface area contributed by atoms with E-state index in [4.69, 9.17) is 11.6 Å². The van der Waals surface area contributed by atoms with Crippen molar-refractivity contribution in [3.8, 4) is 0 Å². The van der Waals surface area contributed by atoms with Crippen LogP contribution in [0.15, 0.2) is 24.3 Å². The number of hydrogen-bond acceptors (Lipinski definition) is 2. The van der Waals surface area contributed by atoms with Crippen molar-refractivity contribution in [1.29, 1.82) is 0 Å². The van der Waals surface area contributed by atoms with Gasteiger partial charge in [0.2, 0.25) is 0 Å². The van der Waals surface area contributed by atoms with Crippen LogP contribution in [-0.4, -0.2) is 29.6 Å². The van der Waals surface area contributed by atoms with Crippen LogP contribution >= 0.6 is 11.6 Å². The monoisotopic (exact) mass is 294 g/mol. The lowest BCUT2D eigenvalue weighted by Crippen LogP contribution is -2.61. The van der Waals surface area contributed by atoms with Crippen molar-refractivity contribution in [1.82, 2.24) is 10.2 Å². The quantitative estimate of drug-likeness (QED) is 0.905. The van der Waals surface area contributed by atoms with Gasteiger partial charge in [-0.25, -0.2) is 0 Å². The Morgan fingerprint density at radius 2 is 2.15 bits per heavy atom. The van der Waals surface area contributed by atoms with Crippen LogP contribution in [0.25, 0.3) is 0 Å². The summed E-state index contributed by atoms with van der Waals surface area (Å²) in [6.07, 6.45) is 1.24. The minimum Gasteiger partial charge on any atom is -0.309 e. The molecule has 0 radical (unpaired) electrons. The molecule has 1 heterocycles. The first-order valence-electron chi connectivity index (χ1n) is 7.59. The van der Waals surface area contributed by atoms with Crippen molar-refractivity contribution in [3.05, 3.63) is 34.9 Å². The van der Waals surface area contributed by atoms with Crippen molar-refractivity contribution in [2.75, 3.05) is 13.1 Å². The second-order valence-corrected chi connectivity index (χ2v) is 7.52. The van der Waals surface area contributed by atoms with E-state index in [9.17, 15) is 0 Å². The number of hydrogen-bond donors (Lipinski definition) is 1. The van der Waals surface area contributed by atoms with Gasteiger partial charge in [-0.2, -0.15) is 0 Å². The molecule has 0 spiro atoms. The topological polar surface area (TPSA) is 15.3 Å². The molecule has 1 atom stereocenters. The summed E-state index contributed by atoms with van der Waals surface area (Å²) in [5.74, 6) is 0.727. The molecule has 1 N–H and O–H groups in total. The van der Waals surface area contributed by atoms with E-state index in [-0.39, 0.29) is 5.54 Å². The van der Waals surface area contributed by atoms with Crippen LogP contribution in [0.5, 0.6) is 0 Å². The van der Waals surface area contributed by atoms with E-state index in [1.807, 2.05) is 12.1 Å². The van der Waals surface area contributed by atoms with E-state index in [0.717, 1.165) is 30.6 Å². The molecule has 112 valence electrons. The Bertz CT molecular complexity index is 442. The van der Waals surface area contributed by atoms with E-state index >= 15 is 0 Å². The van der Waals surface area contributed by atoms with Crippen LogP contribution in [0.3, 0.4) is 0 Å². The average molecular weight is 295 g/mol. The van der Waals surface area contributed by atoms with Crippen LogP contribution in [0.2, 0.25) is 5.02 Å². The molecule has 1 saturated heterocycles. The highest BCUT2D eigenvalue weighted by molar-refractivity contribution is 6.30. The van der Waals surface area contributed by atoms with E-state index in [1.165, 1.54) is 12.0 Å². The molecule has 0 saturated carbocycles. The molecule has 2 rings (SSSR count). The lowest BCUT2D eigenvalue weighted by molar-refractivity contribution is 0.0760. The normalized spacial score (nSPS) is 23.2. The standard InChI is InChI=1S/C17H27ClN2/c1-13(2)8-16-10-19-17(3,4)12-20(16)11-14-6-5-7-15(18)9-14/h5-7,9,13,16,19H,8,10-12H2,1-4H3. The summed E-state index contributed by atoms with van der Waals surface area (Å²) in [4.78, 5) is 2.61. The molecule has 2 nitrogen and oxygen atoms in total. The molecule has 0 aromatic heterocycles. The molecule has 1 aromatic rings. The van der Waals surface area contributed by atoms with Gasteiger partial charge < -0.3 is 5.32 Å². The second-order valence-electron chi connectivity index (χ2n) is 7.08. The van der Waals surface area contributed by atoms with Gasteiger partial charge in [0.05, 0.1) is 0 Å². The highest BCUT2D eigenvalue weighted by Crippen LogP contribution is 2.23. The third kappa shape index (κ3) is 4.47. The fourth-order valence-corrected chi connectivity index (χ4v) is 3.26. The van der Waals surface area contributed by atoms with Crippen LogP contribution in [0.4, 0.5) is 0 Å². The van der Waals surface area contributed by atoms with E-state index < -0.39 is 0 Å². The number of rotatable bonds is 4. The first kappa shape index (κ1) is 15.8. The van der Waals surface area contributed by atoms with E-state index in [1.54, 1.807) is 0 Å². The summed E-state index contributed by atoms with van der Waals surface area (Å²) >= 11 is 6.11. The van der Waals surface area contributed by atoms with Gasteiger partial charge in [0.25, 0.3) is 0 Å². The molecule has 20 heavy (non-hydrogen) atoms. The Hall–Kier alpha value is -0.570. The molecule has 0 bridgehead atoms. The summed E-state index contributed by atoms with van der Waals surface area (Å²) < 4.78 is 0. The SMILES string of the molecule is CC(C)CC1CNC(C)(C)CN1Cc1cccc(Cl)c1. The fraction of sp³-hybridized carbons (Fsp3) is 0.647. The molecular formula is C17H27ClN2. The van der Waals surface area contributed by atoms with Crippen LogP contribution in [0, 0.1) is 5.92 Å². The summed E-state index contributed by atoms with van der Waals surface area (Å²) in [6, 6.07) is 8.86. The molecule has 0 amide bonds. The van der Waals surface area contributed by atoms with Gasteiger partial charge in [-0.3, -0.25) is 4.90 Å². The lowest BCUT2D eigenvalue weighted by atomic mass is 9.93. The maximum absolute atomic E-state index is 6.11. The van der Waals surface area contributed by atoms with Gasteiger partial charge in [-0.15, -0.1) is 0 Å². The van der Waals surface area contributed by atoms with Crippen molar-refractivity contribution in [3.63, 3.8) is 0 Å². The Morgan fingerprint density at radius 1 is 1.40 bits per heavy atom. The number of nitrogens with one attached hydrogen (secondary N) is 1. The summed E-state index contributed by atoms with van der Waals surface area (Å²) in [5, 5.41) is 4.50. The van der Waals surface area contributed by atoms with Gasteiger partial charge in [-0.05, 0) is 43.9 Å². The largest absolute Gasteiger partial charge is 0.309 e. The summed E-state index contributed by atoms with van der Waals surface area (Å²) in [7, 11) is 0. The highest BCUT2D eigenvalue weighted by Gasteiger charge is 2.32. The van der Waals surface area contributed by atoms with Gasteiger partial charge >= 0.3 is 0 Å². The van der Waals surface area contributed by atoms with Gasteiger partial charge in [0.1, 0.15) is 0 Å². The number of benzene rings is 1. The van der Waals surface area contributed by atoms with Gasteiger partial charge in [-0.1, -0.05) is 37.6 Å². The molecule has 1 aromatic carbocycles. The molecular weight excluding hydrogens is 268 g/mol. The minimum absolute atomic E-state index is 0.187. The van der Waals surface area contributed by atoms with Gasteiger partial charge in [0.15, 0.2) is 0 Å². The molecule has 1 fully saturated rings. The molecule has 1 aliphatic rings. The van der Waals surface area contributed by atoms with E-state index in [2.05, 4.69) is 50.0 Å². The van der Waals surface area contributed by atoms with Crippen molar-refractivity contribution < 1.29 is 0 Å². The Labute approximate surface area is 128 Å². The fourth-order valence-electron chi connectivity index (χ4n) is 3.05. The maximum atomic E-state index is 6.11. The average Bonchev–Trinajstić information content (AvgIpc) is 2.32. The zero-order chi connectivity index (χ0) is 14.8. The van der Waals surface area contributed by atoms with Crippen LogP contribution < -0.4 is 5.32 Å². The number of nitrogens with zero attached hydrogens (tertiary/aromatic N) is 1. The Balaban J connectivity index is 2.10. The minimum atomic E-state index is 0.187. The highest BCUT2D eigenvalue weighted by atomic mass is 35.5. The first-order chi connectivity index (χ1) is 9.35. The maximum Gasteiger partial charge on any atom is 0.0409 e. The number of halogens is 1. The molecule has 3 heteroatoms. The summed E-state index contributed by atoms with van der Waals surface area (Å²) in [5.41, 5.74) is 1.50. The van der Waals surface area contributed by atoms with Crippen molar-refractivity contribution in [2.24, 2.45) is 5.92 Å². The third-order valence-corrected chi connectivity index (χ3v) is 4.18. The predicted octanol–water partition coefficient (Wildman–Crippen LogP) is 3.94. The zero-order valence-electron chi connectivity index (χ0n) is 13.1. The zero-order valence-corrected chi connectivity index (χ0v) is 13.9. The van der Waals surface area contributed by atoms with E-state index in [0.29, 0.717) is 6.04 Å². The number of piperazine rings is 1. The smallest absolute Gasteiger partial charge is 0.0409 e. The van der Waals surface area contributed by atoms with Gasteiger partial charge in [0, 0.05) is 36.2 Å². The lowest BCUT2D eigenvalue weighted by Gasteiger charge is -2.45. The molecule has 1 unspecified atom stereocenters. The third-order valence-electron chi connectivity index (χ3n) is 3.95. The predicted molar refractivity (Wildman–Crippen MR) is 87.2 cm³/mol. The van der Waals surface area contributed by atoms with Crippen LogP contribution in [-0.2, 0) is 6.54 Å².